The van der Waals surface area contributed by atoms with E-state index in [0.29, 0.717) is 6.04 Å². The minimum absolute atomic E-state index is 0.662. The van der Waals surface area contributed by atoms with E-state index in [0.717, 1.165) is 23.4 Å². The first-order valence-corrected chi connectivity index (χ1v) is 7.53. The molecular formula is C16H24ClN. The molecule has 1 saturated carbocycles. The average Bonchev–Trinajstić information content (AvgIpc) is 2.38. The molecule has 1 aromatic carbocycles. The fraction of sp³-hybridized carbons (Fsp3) is 0.625. The van der Waals surface area contributed by atoms with Crippen LogP contribution in [0.5, 0.6) is 0 Å². The molecule has 0 aromatic heterocycles. The second kappa shape index (κ2) is 6.58. The van der Waals surface area contributed by atoms with Gasteiger partial charge in [-0.25, -0.2) is 0 Å². The maximum absolute atomic E-state index is 6.20. The van der Waals surface area contributed by atoms with E-state index >= 15 is 0 Å². The van der Waals surface area contributed by atoms with Crippen molar-refractivity contribution in [2.45, 2.75) is 52.1 Å². The van der Waals surface area contributed by atoms with Gasteiger partial charge in [0.05, 0.1) is 0 Å². The summed E-state index contributed by atoms with van der Waals surface area (Å²) in [5.74, 6) is 1.59. The van der Waals surface area contributed by atoms with Crippen molar-refractivity contribution in [1.82, 2.24) is 5.32 Å². The third kappa shape index (κ3) is 3.49. The van der Waals surface area contributed by atoms with E-state index < -0.39 is 0 Å². The second-order valence-electron chi connectivity index (χ2n) is 5.77. The predicted octanol–water partition coefficient (Wildman–Crippen LogP) is 4.64. The Morgan fingerprint density at radius 1 is 1.22 bits per heavy atom. The van der Waals surface area contributed by atoms with Crippen LogP contribution in [0.1, 0.15) is 45.1 Å². The van der Waals surface area contributed by atoms with Crippen molar-refractivity contribution in [2.75, 3.05) is 0 Å². The number of nitrogens with one attached hydrogen (secondary N) is 1. The molecule has 0 amide bonds. The number of rotatable bonds is 4. The van der Waals surface area contributed by atoms with Crippen LogP contribution in [0.15, 0.2) is 24.3 Å². The Labute approximate surface area is 116 Å². The Morgan fingerprint density at radius 3 is 2.67 bits per heavy atom. The summed E-state index contributed by atoms with van der Waals surface area (Å²) < 4.78 is 0. The molecule has 0 aliphatic heterocycles. The normalized spacial score (nSPS) is 24.4. The van der Waals surface area contributed by atoms with Crippen LogP contribution in [-0.2, 0) is 6.54 Å². The standard InChI is InChI=1S/C16H24ClN/c1-12(2)14-8-4-6-10-16(14)18-11-13-7-3-5-9-15(13)17/h3,5,7,9,12,14,16,18H,4,6,8,10-11H2,1-2H3. The number of hydrogen-bond donors (Lipinski definition) is 1. The fourth-order valence-electron chi connectivity index (χ4n) is 3.09. The molecule has 0 bridgehead atoms. The van der Waals surface area contributed by atoms with Gasteiger partial charge in [0.15, 0.2) is 0 Å². The van der Waals surface area contributed by atoms with Gasteiger partial charge in [0.2, 0.25) is 0 Å². The monoisotopic (exact) mass is 265 g/mol. The molecule has 1 aliphatic rings. The van der Waals surface area contributed by atoms with Crippen molar-refractivity contribution in [3.8, 4) is 0 Å². The van der Waals surface area contributed by atoms with Gasteiger partial charge in [0.1, 0.15) is 0 Å². The molecule has 2 heteroatoms. The molecule has 0 radical (unpaired) electrons. The Hall–Kier alpha value is -0.530. The zero-order valence-electron chi connectivity index (χ0n) is 11.5. The molecule has 1 aliphatic carbocycles. The molecule has 2 unspecified atom stereocenters. The molecule has 1 N–H and O–H groups in total. The third-order valence-corrected chi connectivity index (χ3v) is 4.56. The smallest absolute Gasteiger partial charge is 0.0450 e. The molecule has 2 atom stereocenters. The Bertz CT molecular complexity index is 375. The van der Waals surface area contributed by atoms with Gasteiger partial charge in [-0.1, -0.05) is 56.5 Å². The molecular weight excluding hydrogens is 242 g/mol. The topological polar surface area (TPSA) is 12.0 Å². The van der Waals surface area contributed by atoms with Gasteiger partial charge in [-0.15, -0.1) is 0 Å². The number of benzene rings is 1. The van der Waals surface area contributed by atoms with E-state index in [2.05, 4.69) is 31.3 Å². The average molecular weight is 266 g/mol. The largest absolute Gasteiger partial charge is 0.310 e. The lowest BCUT2D eigenvalue weighted by molar-refractivity contribution is 0.204. The highest BCUT2D eigenvalue weighted by atomic mass is 35.5. The lowest BCUT2D eigenvalue weighted by Crippen LogP contribution is -2.40. The van der Waals surface area contributed by atoms with Gasteiger partial charge < -0.3 is 5.32 Å². The highest BCUT2D eigenvalue weighted by Gasteiger charge is 2.26. The molecule has 1 nitrogen and oxygen atoms in total. The second-order valence-corrected chi connectivity index (χ2v) is 6.18. The van der Waals surface area contributed by atoms with Crippen molar-refractivity contribution in [2.24, 2.45) is 11.8 Å². The zero-order chi connectivity index (χ0) is 13.0. The summed E-state index contributed by atoms with van der Waals surface area (Å²) in [5.41, 5.74) is 1.22. The van der Waals surface area contributed by atoms with Crippen LogP contribution in [0.3, 0.4) is 0 Å². The van der Waals surface area contributed by atoms with Crippen LogP contribution in [0.4, 0.5) is 0 Å². The fourth-order valence-corrected chi connectivity index (χ4v) is 3.30. The van der Waals surface area contributed by atoms with Crippen LogP contribution in [0.25, 0.3) is 0 Å². The predicted molar refractivity (Wildman–Crippen MR) is 78.9 cm³/mol. The summed E-state index contributed by atoms with van der Waals surface area (Å²) in [6, 6.07) is 8.80. The summed E-state index contributed by atoms with van der Waals surface area (Å²) in [6.45, 7) is 5.59. The Balaban J connectivity index is 1.94. The van der Waals surface area contributed by atoms with Gasteiger partial charge in [-0.2, -0.15) is 0 Å². The minimum Gasteiger partial charge on any atom is -0.310 e. The van der Waals surface area contributed by atoms with E-state index in [1.165, 1.54) is 31.2 Å². The first kappa shape index (κ1) is 13.9. The highest BCUT2D eigenvalue weighted by Crippen LogP contribution is 2.30. The first-order valence-electron chi connectivity index (χ1n) is 7.15. The van der Waals surface area contributed by atoms with E-state index in [1.807, 2.05) is 12.1 Å². The SMILES string of the molecule is CC(C)C1CCCCC1NCc1ccccc1Cl. The quantitative estimate of drug-likeness (QED) is 0.836. The summed E-state index contributed by atoms with van der Waals surface area (Å²) in [6.07, 6.45) is 5.45. The summed E-state index contributed by atoms with van der Waals surface area (Å²) in [5, 5.41) is 4.60. The lowest BCUT2D eigenvalue weighted by atomic mass is 9.78. The maximum Gasteiger partial charge on any atom is 0.0450 e. The maximum atomic E-state index is 6.20. The van der Waals surface area contributed by atoms with E-state index in [-0.39, 0.29) is 0 Å². The molecule has 1 aromatic rings. The molecule has 1 fully saturated rings. The highest BCUT2D eigenvalue weighted by molar-refractivity contribution is 6.31. The van der Waals surface area contributed by atoms with Gasteiger partial charge in [-0.3, -0.25) is 0 Å². The van der Waals surface area contributed by atoms with Gasteiger partial charge in [-0.05, 0) is 36.3 Å². The van der Waals surface area contributed by atoms with Crippen molar-refractivity contribution in [1.29, 1.82) is 0 Å². The van der Waals surface area contributed by atoms with Crippen LogP contribution >= 0.6 is 11.6 Å². The van der Waals surface area contributed by atoms with Crippen LogP contribution in [-0.4, -0.2) is 6.04 Å². The summed E-state index contributed by atoms with van der Waals surface area (Å²) >= 11 is 6.20. The molecule has 0 saturated heterocycles. The Kier molecular flexibility index (Phi) is 5.08. The molecule has 2 rings (SSSR count). The van der Waals surface area contributed by atoms with Crippen LogP contribution in [0, 0.1) is 11.8 Å². The summed E-state index contributed by atoms with van der Waals surface area (Å²) in [4.78, 5) is 0. The van der Waals surface area contributed by atoms with E-state index in [4.69, 9.17) is 11.6 Å². The van der Waals surface area contributed by atoms with Crippen molar-refractivity contribution >= 4 is 11.6 Å². The number of halogens is 1. The molecule has 0 spiro atoms. The van der Waals surface area contributed by atoms with Crippen molar-refractivity contribution in [3.63, 3.8) is 0 Å². The Morgan fingerprint density at radius 2 is 1.94 bits per heavy atom. The van der Waals surface area contributed by atoms with E-state index in [1.54, 1.807) is 0 Å². The van der Waals surface area contributed by atoms with Crippen LogP contribution in [0.2, 0.25) is 5.02 Å². The third-order valence-electron chi connectivity index (χ3n) is 4.19. The van der Waals surface area contributed by atoms with Gasteiger partial charge in [0.25, 0.3) is 0 Å². The van der Waals surface area contributed by atoms with Crippen molar-refractivity contribution in [3.05, 3.63) is 34.9 Å². The first-order chi connectivity index (χ1) is 8.68. The van der Waals surface area contributed by atoms with E-state index in [9.17, 15) is 0 Å². The van der Waals surface area contributed by atoms with Crippen LogP contribution < -0.4 is 5.32 Å². The van der Waals surface area contributed by atoms with Crippen molar-refractivity contribution < 1.29 is 0 Å². The minimum atomic E-state index is 0.662. The molecule has 18 heavy (non-hydrogen) atoms. The van der Waals surface area contributed by atoms with Gasteiger partial charge in [0, 0.05) is 17.6 Å². The summed E-state index contributed by atoms with van der Waals surface area (Å²) in [7, 11) is 0. The molecule has 100 valence electrons. The lowest BCUT2D eigenvalue weighted by Gasteiger charge is -2.35. The van der Waals surface area contributed by atoms with Gasteiger partial charge >= 0.3 is 0 Å². The molecule has 0 heterocycles. The number of hydrogen-bond acceptors (Lipinski definition) is 1. The zero-order valence-corrected chi connectivity index (χ0v) is 12.2.